The van der Waals surface area contributed by atoms with Gasteiger partial charge in [0.05, 0.1) is 25.4 Å². The number of fused-ring (bicyclic) bond motifs is 2. The summed E-state index contributed by atoms with van der Waals surface area (Å²) in [5, 5.41) is 7.41. The summed E-state index contributed by atoms with van der Waals surface area (Å²) in [6, 6.07) is 12.5. The fraction of sp³-hybridized carbons (Fsp3) is 0.280. The number of hydrogen-bond donors (Lipinski definition) is 2. The van der Waals surface area contributed by atoms with Crippen molar-refractivity contribution in [3.05, 3.63) is 64.4 Å². The Labute approximate surface area is 205 Å². The second kappa shape index (κ2) is 9.99. The molecule has 2 amide bonds. The number of para-hydroxylation sites is 1. The number of benzene rings is 3. The number of rotatable bonds is 6. The summed E-state index contributed by atoms with van der Waals surface area (Å²) in [7, 11) is 3.21. The maximum Gasteiger partial charge on any atom is 0.253 e. The van der Waals surface area contributed by atoms with E-state index in [1.807, 2.05) is 30.3 Å². The number of amides is 2. The molecule has 1 aliphatic rings. The molecule has 9 heteroatoms. The molecule has 178 valence electrons. The van der Waals surface area contributed by atoms with Gasteiger partial charge in [0.2, 0.25) is 5.91 Å². The van der Waals surface area contributed by atoms with Crippen LogP contribution in [0.5, 0.6) is 11.5 Å². The van der Waals surface area contributed by atoms with E-state index in [9.17, 15) is 14.0 Å². The Bertz CT molecular complexity index is 1250. The second-order valence-electron chi connectivity index (χ2n) is 8.01. The van der Waals surface area contributed by atoms with Crippen LogP contribution in [-0.4, -0.2) is 44.7 Å². The molecule has 2 atom stereocenters. The molecule has 0 aliphatic carbocycles. The van der Waals surface area contributed by atoms with E-state index in [1.54, 1.807) is 27.1 Å². The standard InChI is InChI=1S/C25H25BrFN3O4/c1-14(28-2)24(31)29-20-13-34-23-19(27)5-4-6-21(23)30(25(20)32)12-18-17-9-8-16(26)11-15(17)7-10-22(18)33-3/h4-11,14,20,28H,12-13H2,1-3H3,(H,29,31). The minimum atomic E-state index is -0.995. The fourth-order valence-corrected chi connectivity index (χ4v) is 4.33. The van der Waals surface area contributed by atoms with E-state index in [1.165, 1.54) is 17.0 Å². The van der Waals surface area contributed by atoms with Crippen LogP contribution in [0.15, 0.2) is 53.0 Å². The highest BCUT2D eigenvalue weighted by molar-refractivity contribution is 9.10. The predicted molar refractivity (Wildman–Crippen MR) is 132 cm³/mol. The lowest BCUT2D eigenvalue weighted by molar-refractivity contribution is -0.129. The average molecular weight is 530 g/mol. The molecule has 0 aromatic heterocycles. The van der Waals surface area contributed by atoms with Crippen LogP contribution in [-0.2, 0) is 16.1 Å². The number of nitrogens with one attached hydrogen (secondary N) is 2. The van der Waals surface area contributed by atoms with Crippen molar-refractivity contribution in [1.82, 2.24) is 10.6 Å². The van der Waals surface area contributed by atoms with E-state index in [0.29, 0.717) is 11.4 Å². The van der Waals surface area contributed by atoms with Gasteiger partial charge in [-0.3, -0.25) is 9.59 Å². The lowest BCUT2D eigenvalue weighted by Crippen LogP contribution is -2.53. The number of carbonyl (C=O) groups excluding carboxylic acids is 2. The quantitative estimate of drug-likeness (QED) is 0.508. The Kier molecular flexibility index (Phi) is 7.04. The van der Waals surface area contributed by atoms with Gasteiger partial charge in [-0.15, -0.1) is 0 Å². The molecule has 2 unspecified atom stereocenters. The topological polar surface area (TPSA) is 79.9 Å². The number of ether oxygens (including phenoxy) is 2. The second-order valence-corrected chi connectivity index (χ2v) is 8.92. The van der Waals surface area contributed by atoms with Crippen molar-refractivity contribution >= 4 is 44.2 Å². The Morgan fingerprint density at radius 2 is 2.09 bits per heavy atom. The molecule has 0 spiro atoms. The zero-order chi connectivity index (χ0) is 24.4. The summed E-state index contributed by atoms with van der Waals surface area (Å²) in [6.07, 6.45) is 0. The van der Waals surface area contributed by atoms with Crippen LogP contribution in [0, 0.1) is 5.82 Å². The van der Waals surface area contributed by atoms with Crippen molar-refractivity contribution in [2.75, 3.05) is 25.7 Å². The number of nitrogens with zero attached hydrogens (tertiary/aromatic N) is 1. The SMILES string of the molecule is CNC(C)C(=O)NC1COc2c(F)cccc2N(Cc2c(OC)ccc3cc(Br)ccc23)C1=O. The van der Waals surface area contributed by atoms with Crippen molar-refractivity contribution in [3.63, 3.8) is 0 Å². The maximum atomic E-state index is 14.7. The lowest BCUT2D eigenvalue weighted by atomic mass is 10.0. The van der Waals surface area contributed by atoms with Gasteiger partial charge in [-0.05, 0) is 55.1 Å². The van der Waals surface area contributed by atoms with Gasteiger partial charge in [-0.25, -0.2) is 4.39 Å². The van der Waals surface area contributed by atoms with Gasteiger partial charge in [0.25, 0.3) is 5.91 Å². The van der Waals surface area contributed by atoms with E-state index in [0.717, 1.165) is 20.8 Å². The number of hydrogen-bond acceptors (Lipinski definition) is 5. The minimum absolute atomic E-state index is 0.0313. The van der Waals surface area contributed by atoms with Gasteiger partial charge < -0.3 is 25.0 Å². The van der Waals surface area contributed by atoms with E-state index in [4.69, 9.17) is 9.47 Å². The van der Waals surface area contributed by atoms with Crippen LogP contribution in [0.4, 0.5) is 10.1 Å². The normalized spacial score (nSPS) is 16.4. The first kappa shape index (κ1) is 24.0. The molecular formula is C25H25BrFN3O4. The molecule has 7 nitrogen and oxygen atoms in total. The Morgan fingerprint density at radius 1 is 1.29 bits per heavy atom. The van der Waals surface area contributed by atoms with Crippen LogP contribution >= 0.6 is 15.9 Å². The molecule has 0 saturated carbocycles. The summed E-state index contributed by atoms with van der Waals surface area (Å²) < 4.78 is 26.9. The molecule has 0 bridgehead atoms. The van der Waals surface area contributed by atoms with Crippen molar-refractivity contribution in [1.29, 1.82) is 0 Å². The lowest BCUT2D eigenvalue weighted by Gasteiger charge is -2.27. The number of methoxy groups -OCH3 is 1. The maximum absolute atomic E-state index is 14.7. The van der Waals surface area contributed by atoms with Gasteiger partial charge >= 0.3 is 0 Å². The van der Waals surface area contributed by atoms with Gasteiger partial charge in [-0.2, -0.15) is 0 Å². The first-order chi connectivity index (χ1) is 16.3. The van der Waals surface area contributed by atoms with Gasteiger partial charge in [0.1, 0.15) is 18.4 Å². The minimum Gasteiger partial charge on any atom is -0.496 e. The Hall–Kier alpha value is -3.17. The van der Waals surface area contributed by atoms with Crippen LogP contribution in [0.1, 0.15) is 12.5 Å². The van der Waals surface area contributed by atoms with E-state index >= 15 is 0 Å². The molecular weight excluding hydrogens is 505 g/mol. The first-order valence-corrected chi connectivity index (χ1v) is 11.6. The van der Waals surface area contributed by atoms with Gasteiger partial charge in [0, 0.05) is 10.0 Å². The smallest absolute Gasteiger partial charge is 0.253 e. The third-order valence-corrected chi connectivity index (χ3v) is 6.42. The van der Waals surface area contributed by atoms with Crippen molar-refractivity contribution in [3.8, 4) is 11.5 Å². The first-order valence-electron chi connectivity index (χ1n) is 10.8. The molecule has 1 heterocycles. The molecule has 4 rings (SSSR count). The van der Waals surface area contributed by atoms with E-state index in [-0.39, 0.29) is 24.8 Å². The van der Waals surface area contributed by atoms with Crippen LogP contribution in [0.3, 0.4) is 0 Å². The summed E-state index contributed by atoms with van der Waals surface area (Å²) in [5.41, 5.74) is 1.05. The summed E-state index contributed by atoms with van der Waals surface area (Å²) in [4.78, 5) is 27.7. The zero-order valence-corrected chi connectivity index (χ0v) is 20.6. The Balaban J connectivity index is 1.80. The summed E-state index contributed by atoms with van der Waals surface area (Å²) in [6.45, 7) is 1.59. The molecule has 2 N–H and O–H groups in total. The zero-order valence-electron chi connectivity index (χ0n) is 19.0. The highest BCUT2D eigenvalue weighted by Crippen LogP contribution is 2.38. The third-order valence-electron chi connectivity index (χ3n) is 5.92. The molecule has 0 saturated heterocycles. The molecule has 34 heavy (non-hydrogen) atoms. The molecule has 0 fully saturated rings. The monoisotopic (exact) mass is 529 g/mol. The summed E-state index contributed by atoms with van der Waals surface area (Å²) in [5.74, 6) is -0.786. The largest absolute Gasteiger partial charge is 0.496 e. The molecule has 0 radical (unpaired) electrons. The van der Waals surface area contributed by atoms with Crippen LogP contribution in [0.25, 0.3) is 10.8 Å². The molecule has 1 aliphatic heterocycles. The van der Waals surface area contributed by atoms with Crippen LogP contribution < -0.4 is 25.0 Å². The van der Waals surface area contributed by atoms with Gasteiger partial charge in [-0.1, -0.05) is 34.1 Å². The van der Waals surface area contributed by atoms with Crippen molar-refractivity contribution < 1.29 is 23.5 Å². The predicted octanol–water partition coefficient (Wildman–Crippen LogP) is 3.77. The number of halogens is 2. The highest BCUT2D eigenvalue weighted by atomic mass is 79.9. The van der Waals surface area contributed by atoms with Crippen molar-refractivity contribution in [2.45, 2.75) is 25.6 Å². The average Bonchev–Trinajstić information content (AvgIpc) is 2.96. The molecule has 3 aromatic carbocycles. The van der Waals surface area contributed by atoms with Crippen LogP contribution in [0.2, 0.25) is 0 Å². The summed E-state index contributed by atoms with van der Waals surface area (Å²) >= 11 is 3.49. The van der Waals surface area contributed by atoms with E-state index < -0.39 is 23.8 Å². The Morgan fingerprint density at radius 3 is 2.82 bits per heavy atom. The number of likely N-dealkylation sites (N-methyl/N-ethyl adjacent to an activating group) is 1. The third kappa shape index (κ3) is 4.58. The highest BCUT2D eigenvalue weighted by Gasteiger charge is 2.35. The fourth-order valence-electron chi connectivity index (χ4n) is 3.95. The number of carbonyl (C=O) groups is 2. The molecule has 3 aromatic rings. The van der Waals surface area contributed by atoms with E-state index in [2.05, 4.69) is 26.6 Å². The van der Waals surface area contributed by atoms with Crippen molar-refractivity contribution in [2.24, 2.45) is 0 Å². The van der Waals surface area contributed by atoms with Gasteiger partial charge in [0.15, 0.2) is 11.6 Å². The number of anilines is 1.